The molecule has 0 aromatic rings. The van der Waals surface area contributed by atoms with Gasteiger partial charge >= 0.3 is 5.97 Å². The predicted molar refractivity (Wildman–Crippen MR) is 96.1 cm³/mol. The van der Waals surface area contributed by atoms with Gasteiger partial charge in [-0.1, -0.05) is 20.3 Å². The van der Waals surface area contributed by atoms with E-state index in [9.17, 15) is 19.2 Å². The Bertz CT molecular complexity index is 502. The van der Waals surface area contributed by atoms with Gasteiger partial charge in [-0.05, 0) is 19.8 Å². The summed E-state index contributed by atoms with van der Waals surface area (Å²) in [5.41, 5.74) is 5.82. The van der Waals surface area contributed by atoms with Gasteiger partial charge in [0, 0.05) is 5.75 Å². The van der Waals surface area contributed by atoms with Crippen molar-refractivity contribution in [1.29, 1.82) is 0 Å². The van der Waals surface area contributed by atoms with E-state index in [1.165, 1.54) is 13.8 Å². The van der Waals surface area contributed by atoms with Gasteiger partial charge < -0.3 is 26.8 Å². The van der Waals surface area contributed by atoms with Crippen molar-refractivity contribution in [1.82, 2.24) is 16.0 Å². The molecule has 0 heterocycles. The molecular weight excluding hydrogens is 348 g/mol. The molecule has 0 aliphatic rings. The predicted octanol–water partition coefficient (Wildman–Crippen LogP) is -1.13. The van der Waals surface area contributed by atoms with Crippen LogP contribution in [0.2, 0.25) is 0 Å². The summed E-state index contributed by atoms with van der Waals surface area (Å²) in [6, 6.07) is -3.77. The number of hydrogen-bond acceptors (Lipinski definition) is 6. The lowest BCUT2D eigenvalue weighted by molar-refractivity contribution is -0.141. The monoisotopic (exact) mass is 376 g/mol. The number of carbonyl (C=O) groups excluding carboxylic acids is 3. The summed E-state index contributed by atoms with van der Waals surface area (Å²) in [7, 11) is 0. The quantitative estimate of drug-likeness (QED) is 0.266. The summed E-state index contributed by atoms with van der Waals surface area (Å²) in [4.78, 5) is 46.8. The van der Waals surface area contributed by atoms with Gasteiger partial charge in [-0.15, -0.1) is 0 Å². The molecule has 0 aromatic heterocycles. The maximum absolute atomic E-state index is 12.2. The summed E-state index contributed by atoms with van der Waals surface area (Å²) >= 11 is 4.03. The maximum atomic E-state index is 12.2. The Labute approximate surface area is 152 Å². The summed E-state index contributed by atoms with van der Waals surface area (Å²) < 4.78 is 0. The van der Waals surface area contributed by atoms with Crippen LogP contribution in [0.25, 0.3) is 0 Å². The number of carboxylic acids is 1. The van der Waals surface area contributed by atoms with Crippen LogP contribution >= 0.6 is 12.6 Å². The fourth-order valence-corrected chi connectivity index (χ4v) is 2.01. The number of hydrogen-bond donors (Lipinski definition) is 6. The van der Waals surface area contributed by atoms with Crippen molar-refractivity contribution in [3.63, 3.8) is 0 Å². The molecule has 9 nitrogen and oxygen atoms in total. The average molecular weight is 376 g/mol. The van der Waals surface area contributed by atoms with Gasteiger partial charge in [-0.3, -0.25) is 19.2 Å². The molecule has 6 N–H and O–H groups in total. The van der Waals surface area contributed by atoms with Crippen LogP contribution in [0.4, 0.5) is 0 Å². The highest BCUT2D eigenvalue weighted by Gasteiger charge is 2.27. The molecule has 10 heteroatoms. The number of rotatable bonds is 10. The second kappa shape index (κ2) is 10.9. The molecule has 0 fully saturated rings. The third-order valence-electron chi connectivity index (χ3n) is 3.86. The highest BCUT2D eigenvalue weighted by Crippen LogP contribution is 2.05. The molecule has 0 rings (SSSR count). The van der Waals surface area contributed by atoms with Crippen LogP contribution in [0.5, 0.6) is 0 Å². The van der Waals surface area contributed by atoms with E-state index in [1.54, 1.807) is 0 Å². The SMILES string of the molecule is CCC(C)C(N)C(=O)NC(CS)C(=O)NC(C)C(=O)NC(C)C(=O)O. The van der Waals surface area contributed by atoms with Crippen LogP contribution < -0.4 is 21.7 Å². The lowest BCUT2D eigenvalue weighted by Crippen LogP contribution is -2.57. The molecular formula is C15H28N4O5S. The summed E-state index contributed by atoms with van der Waals surface area (Å²) in [6.45, 7) is 6.45. The third-order valence-corrected chi connectivity index (χ3v) is 4.22. The zero-order valence-corrected chi connectivity index (χ0v) is 15.8. The Balaban J connectivity index is 4.70. The lowest BCUT2D eigenvalue weighted by Gasteiger charge is -2.23. The minimum atomic E-state index is -1.19. The van der Waals surface area contributed by atoms with Crippen molar-refractivity contribution in [2.24, 2.45) is 11.7 Å². The van der Waals surface area contributed by atoms with Crippen LogP contribution in [0, 0.1) is 5.92 Å². The molecule has 0 spiro atoms. The molecule has 0 bridgehead atoms. The molecule has 0 aliphatic heterocycles. The normalized spacial score (nSPS) is 16.7. The number of carbonyl (C=O) groups is 4. The van der Waals surface area contributed by atoms with E-state index in [4.69, 9.17) is 10.8 Å². The second-order valence-corrected chi connectivity index (χ2v) is 6.32. The zero-order chi connectivity index (χ0) is 19.7. The summed E-state index contributed by atoms with van der Waals surface area (Å²) in [6.07, 6.45) is 0.714. The Morgan fingerprint density at radius 1 is 0.960 bits per heavy atom. The van der Waals surface area contributed by atoms with Crippen LogP contribution in [0.15, 0.2) is 0 Å². The smallest absolute Gasteiger partial charge is 0.325 e. The van der Waals surface area contributed by atoms with E-state index in [-0.39, 0.29) is 11.7 Å². The molecule has 5 unspecified atom stereocenters. The highest BCUT2D eigenvalue weighted by molar-refractivity contribution is 7.80. The topological polar surface area (TPSA) is 151 Å². The molecule has 0 radical (unpaired) electrons. The molecule has 3 amide bonds. The fraction of sp³-hybridized carbons (Fsp3) is 0.733. The van der Waals surface area contributed by atoms with E-state index < -0.39 is 47.9 Å². The van der Waals surface area contributed by atoms with Crippen molar-refractivity contribution in [2.75, 3.05) is 5.75 Å². The number of amides is 3. The van der Waals surface area contributed by atoms with Crippen LogP contribution in [-0.2, 0) is 19.2 Å². The van der Waals surface area contributed by atoms with Gasteiger partial charge in [0.25, 0.3) is 0 Å². The summed E-state index contributed by atoms with van der Waals surface area (Å²) in [5, 5.41) is 15.9. The van der Waals surface area contributed by atoms with Gasteiger partial charge in [0.1, 0.15) is 18.1 Å². The number of nitrogens with one attached hydrogen (secondary N) is 3. The van der Waals surface area contributed by atoms with Crippen molar-refractivity contribution in [3.05, 3.63) is 0 Å². The van der Waals surface area contributed by atoms with Crippen molar-refractivity contribution < 1.29 is 24.3 Å². The zero-order valence-electron chi connectivity index (χ0n) is 14.9. The Hall–Kier alpha value is -1.81. The first-order valence-electron chi connectivity index (χ1n) is 8.05. The highest BCUT2D eigenvalue weighted by atomic mass is 32.1. The van der Waals surface area contributed by atoms with Gasteiger partial charge in [0.05, 0.1) is 6.04 Å². The molecule has 25 heavy (non-hydrogen) atoms. The van der Waals surface area contributed by atoms with Crippen LogP contribution in [-0.4, -0.2) is 58.7 Å². The van der Waals surface area contributed by atoms with Gasteiger partial charge in [-0.2, -0.15) is 12.6 Å². The lowest BCUT2D eigenvalue weighted by atomic mass is 9.99. The van der Waals surface area contributed by atoms with Crippen LogP contribution in [0.3, 0.4) is 0 Å². The second-order valence-electron chi connectivity index (χ2n) is 5.95. The molecule has 5 atom stereocenters. The standard InChI is InChI=1S/C15H28N4O5S/c1-5-7(2)11(16)14(22)19-10(6-25)13(21)17-8(3)12(20)18-9(4)15(23)24/h7-11,25H,5-6,16H2,1-4H3,(H,17,21)(H,18,20)(H,19,22)(H,23,24). The average Bonchev–Trinajstić information content (AvgIpc) is 2.57. The molecule has 0 aromatic carbocycles. The maximum Gasteiger partial charge on any atom is 0.325 e. The summed E-state index contributed by atoms with van der Waals surface area (Å²) in [5.74, 6) is -2.95. The van der Waals surface area contributed by atoms with Gasteiger partial charge in [0.15, 0.2) is 0 Å². The molecule has 144 valence electrons. The van der Waals surface area contributed by atoms with E-state index in [0.29, 0.717) is 6.42 Å². The van der Waals surface area contributed by atoms with E-state index in [0.717, 1.165) is 0 Å². The number of nitrogens with two attached hydrogens (primary N) is 1. The van der Waals surface area contributed by atoms with E-state index >= 15 is 0 Å². The third kappa shape index (κ3) is 7.74. The Kier molecular flexibility index (Phi) is 10.1. The Morgan fingerprint density at radius 2 is 1.48 bits per heavy atom. The number of carboxylic acid groups (broad SMARTS) is 1. The first-order chi connectivity index (χ1) is 11.5. The minimum Gasteiger partial charge on any atom is -0.480 e. The minimum absolute atomic E-state index is 0.0185. The first-order valence-corrected chi connectivity index (χ1v) is 8.68. The van der Waals surface area contributed by atoms with E-state index in [2.05, 4.69) is 28.6 Å². The molecule has 0 saturated carbocycles. The Morgan fingerprint density at radius 3 is 1.92 bits per heavy atom. The van der Waals surface area contributed by atoms with Gasteiger partial charge in [-0.25, -0.2) is 0 Å². The van der Waals surface area contributed by atoms with Crippen molar-refractivity contribution >= 4 is 36.3 Å². The van der Waals surface area contributed by atoms with Crippen molar-refractivity contribution in [3.8, 4) is 0 Å². The molecule has 0 saturated heterocycles. The molecule has 0 aliphatic carbocycles. The fourth-order valence-electron chi connectivity index (χ4n) is 1.75. The van der Waals surface area contributed by atoms with Crippen molar-refractivity contribution in [2.45, 2.75) is 58.3 Å². The van der Waals surface area contributed by atoms with E-state index in [1.807, 2.05) is 13.8 Å². The van der Waals surface area contributed by atoms with Crippen LogP contribution in [0.1, 0.15) is 34.1 Å². The van der Waals surface area contributed by atoms with Gasteiger partial charge in [0.2, 0.25) is 17.7 Å². The largest absolute Gasteiger partial charge is 0.480 e. The first kappa shape index (κ1) is 23.2. The number of thiol groups is 1. The number of aliphatic carboxylic acids is 1.